The van der Waals surface area contributed by atoms with E-state index >= 15 is 0 Å². The standard InChI is InChI=1S/C27H32ClNO/c1-3-19(2)29(26(30)17-16-20-10-4-5-11-20)18-25-21-12-6-8-14-23(21)27(28)24-15-9-7-13-22(24)25/h6-9,12-15,19-20H,3-5,10-11,16-18H2,1-2H3. The van der Waals surface area contributed by atoms with Crippen molar-refractivity contribution in [1.82, 2.24) is 4.90 Å². The SMILES string of the molecule is CCC(C)N(Cc1c2ccccc2c(Cl)c2ccccc12)C(=O)CCC1CCCC1. The largest absolute Gasteiger partial charge is 0.336 e. The van der Waals surface area contributed by atoms with Crippen LogP contribution < -0.4 is 0 Å². The Morgan fingerprint density at radius 3 is 2.07 bits per heavy atom. The van der Waals surface area contributed by atoms with Crippen molar-refractivity contribution in [3.8, 4) is 0 Å². The summed E-state index contributed by atoms with van der Waals surface area (Å²) in [6.45, 7) is 4.98. The molecule has 0 aliphatic heterocycles. The van der Waals surface area contributed by atoms with Gasteiger partial charge >= 0.3 is 0 Å². The fourth-order valence-electron chi connectivity index (χ4n) is 4.99. The van der Waals surface area contributed by atoms with Crippen LogP contribution in [0.4, 0.5) is 0 Å². The smallest absolute Gasteiger partial charge is 0.223 e. The lowest BCUT2D eigenvalue weighted by molar-refractivity contribution is -0.134. The molecule has 2 nitrogen and oxygen atoms in total. The zero-order chi connectivity index (χ0) is 21.1. The van der Waals surface area contributed by atoms with Crippen LogP contribution in [0, 0.1) is 5.92 Å². The zero-order valence-electron chi connectivity index (χ0n) is 18.2. The van der Waals surface area contributed by atoms with Gasteiger partial charge < -0.3 is 4.90 Å². The highest BCUT2D eigenvalue weighted by molar-refractivity contribution is 6.41. The highest BCUT2D eigenvalue weighted by Gasteiger charge is 2.24. The molecule has 1 unspecified atom stereocenters. The highest BCUT2D eigenvalue weighted by Crippen LogP contribution is 2.37. The van der Waals surface area contributed by atoms with Gasteiger partial charge in [-0.05, 0) is 42.0 Å². The zero-order valence-corrected chi connectivity index (χ0v) is 18.9. The van der Waals surface area contributed by atoms with Gasteiger partial charge in [0, 0.05) is 29.8 Å². The number of carbonyl (C=O) groups is 1. The number of fused-ring (bicyclic) bond motifs is 2. The molecule has 30 heavy (non-hydrogen) atoms. The fraction of sp³-hybridized carbons (Fsp3) is 0.444. The molecule has 3 heteroatoms. The van der Waals surface area contributed by atoms with Gasteiger partial charge in [0.1, 0.15) is 0 Å². The van der Waals surface area contributed by atoms with Crippen LogP contribution in [0.5, 0.6) is 0 Å². The first-order valence-corrected chi connectivity index (χ1v) is 11.8. The minimum Gasteiger partial charge on any atom is -0.336 e. The van der Waals surface area contributed by atoms with Crippen LogP contribution in [0.1, 0.15) is 64.4 Å². The maximum absolute atomic E-state index is 13.3. The maximum atomic E-state index is 13.3. The summed E-state index contributed by atoms with van der Waals surface area (Å²) < 4.78 is 0. The van der Waals surface area contributed by atoms with Crippen molar-refractivity contribution in [2.45, 2.75) is 71.4 Å². The first-order chi connectivity index (χ1) is 14.6. The Hall–Kier alpha value is -2.06. The van der Waals surface area contributed by atoms with Crippen LogP contribution >= 0.6 is 11.6 Å². The van der Waals surface area contributed by atoms with Crippen LogP contribution in [-0.4, -0.2) is 16.8 Å². The minimum absolute atomic E-state index is 0.217. The molecule has 3 aromatic carbocycles. The van der Waals surface area contributed by atoms with E-state index in [1.807, 2.05) is 12.1 Å². The van der Waals surface area contributed by atoms with Crippen LogP contribution in [-0.2, 0) is 11.3 Å². The monoisotopic (exact) mass is 421 g/mol. The second kappa shape index (κ2) is 9.39. The van der Waals surface area contributed by atoms with Crippen molar-refractivity contribution in [1.29, 1.82) is 0 Å². The average Bonchev–Trinajstić information content (AvgIpc) is 3.31. The third-order valence-corrected chi connectivity index (χ3v) is 7.40. The summed E-state index contributed by atoms with van der Waals surface area (Å²) in [4.78, 5) is 15.5. The van der Waals surface area contributed by atoms with Gasteiger partial charge in [-0.2, -0.15) is 0 Å². The van der Waals surface area contributed by atoms with E-state index in [1.54, 1.807) is 0 Å². The van der Waals surface area contributed by atoms with Crippen molar-refractivity contribution >= 4 is 39.1 Å². The molecule has 0 bridgehead atoms. The summed E-state index contributed by atoms with van der Waals surface area (Å²) >= 11 is 6.78. The number of halogens is 1. The first-order valence-electron chi connectivity index (χ1n) is 11.5. The Balaban J connectivity index is 1.71. The molecule has 1 aliphatic carbocycles. The van der Waals surface area contributed by atoms with E-state index in [0.717, 1.165) is 45.3 Å². The van der Waals surface area contributed by atoms with Crippen molar-refractivity contribution < 1.29 is 4.79 Å². The molecule has 1 amide bonds. The lowest BCUT2D eigenvalue weighted by atomic mass is 9.95. The Labute approximate surface area is 185 Å². The molecule has 0 spiro atoms. The van der Waals surface area contributed by atoms with Crippen LogP contribution in [0.2, 0.25) is 5.02 Å². The molecule has 0 heterocycles. The molecule has 0 N–H and O–H groups in total. The van der Waals surface area contributed by atoms with Gasteiger partial charge in [-0.3, -0.25) is 4.79 Å². The average molecular weight is 422 g/mol. The Morgan fingerprint density at radius 1 is 1.00 bits per heavy atom. The molecule has 1 fully saturated rings. The number of hydrogen-bond acceptors (Lipinski definition) is 1. The Morgan fingerprint density at radius 2 is 1.53 bits per heavy atom. The fourth-order valence-corrected chi connectivity index (χ4v) is 5.32. The van der Waals surface area contributed by atoms with Crippen LogP contribution in [0.3, 0.4) is 0 Å². The lowest BCUT2D eigenvalue weighted by Crippen LogP contribution is -2.38. The maximum Gasteiger partial charge on any atom is 0.223 e. The molecule has 4 rings (SSSR count). The molecule has 1 atom stereocenters. The van der Waals surface area contributed by atoms with Gasteiger partial charge in [0.15, 0.2) is 0 Å². The van der Waals surface area contributed by atoms with Gasteiger partial charge in [-0.15, -0.1) is 0 Å². The lowest BCUT2D eigenvalue weighted by Gasteiger charge is -2.30. The van der Waals surface area contributed by atoms with E-state index in [2.05, 4.69) is 55.1 Å². The summed E-state index contributed by atoms with van der Waals surface area (Å²) in [7, 11) is 0. The third-order valence-electron chi connectivity index (χ3n) is 6.99. The molecule has 0 saturated heterocycles. The number of amides is 1. The topological polar surface area (TPSA) is 20.3 Å². The molecule has 0 radical (unpaired) electrons. The van der Waals surface area contributed by atoms with Gasteiger partial charge in [0.25, 0.3) is 0 Å². The number of hydrogen-bond donors (Lipinski definition) is 0. The van der Waals surface area contributed by atoms with Crippen molar-refractivity contribution in [3.63, 3.8) is 0 Å². The van der Waals surface area contributed by atoms with E-state index in [-0.39, 0.29) is 6.04 Å². The van der Waals surface area contributed by atoms with Gasteiger partial charge in [0.2, 0.25) is 5.91 Å². The molecule has 1 saturated carbocycles. The van der Waals surface area contributed by atoms with Crippen LogP contribution in [0.15, 0.2) is 48.5 Å². The third kappa shape index (κ3) is 4.21. The Kier molecular flexibility index (Phi) is 6.63. The normalized spacial score (nSPS) is 15.7. The summed E-state index contributed by atoms with van der Waals surface area (Å²) in [6.07, 6.45) is 7.91. The minimum atomic E-state index is 0.217. The molecular weight excluding hydrogens is 390 g/mol. The van der Waals surface area contributed by atoms with Gasteiger partial charge in [-0.1, -0.05) is 92.7 Å². The molecular formula is C27H32ClNO. The highest BCUT2D eigenvalue weighted by atomic mass is 35.5. The quantitative estimate of drug-likeness (QED) is 0.357. The Bertz CT molecular complexity index is 981. The summed E-state index contributed by atoms with van der Waals surface area (Å²) in [5.41, 5.74) is 1.21. The van der Waals surface area contributed by atoms with Crippen LogP contribution in [0.25, 0.3) is 21.5 Å². The number of rotatable bonds is 7. The molecule has 0 aromatic heterocycles. The van der Waals surface area contributed by atoms with E-state index in [4.69, 9.17) is 11.6 Å². The number of nitrogens with zero attached hydrogens (tertiary/aromatic N) is 1. The number of carbonyl (C=O) groups excluding carboxylic acids is 1. The summed E-state index contributed by atoms with van der Waals surface area (Å²) in [5, 5.41) is 5.23. The van der Waals surface area contributed by atoms with E-state index in [0.29, 0.717) is 18.9 Å². The summed E-state index contributed by atoms with van der Waals surface area (Å²) in [6, 6.07) is 16.9. The molecule has 158 valence electrons. The van der Waals surface area contributed by atoms with E-state index in [1.165, 1.54) is 31.2 Å². The van der Waals surface area contributed by atoms with Crippen molar-refractivity contribution in [2.75, 3.05) is 0 Å². The predicted octanol–water partition coefficient (Wildman–Crippen LogP) is 7.74. The first kappa shape index (κ1) is 21.2. The predicted molar refractivity (Wildman–Crippen MR) is 128 cm³/mol. The molecule has 3 aromatic rings. The van der Waals surface area contributed by atoms with Crippen molar-refractivity contribution in [2.24, 2.45) is 5.92 Å². The van der Waals surface area contributed by atoms with E-state index in [9.17, 15) is 4.79 Å². The summed E-state index contributed by atoms with van der Waals surface area (Å²) in [5.74, 6) is 1.03. The van der Waals surface area contributed by atoms with Gasteiger partial charge in [-0.25, -0.2) is 0 Å². The van der Waals surface area contributed by atoms with Crippen molar-refractivity contribution in [3.05, 3.63) is 59.1 Å². The van der Waals surface area contributed by atoms with Gasteiger partial charge in [0.05, 0.1) is 5.02 Å². The second-order valence-corrected chi connectivity index (χ2v) is 9.23. The number of benzene rings is 3. The second-order valence-electron chi connectivity index (χ2n) is 8.85. The van der Waals surface area contributed by atoms with E-state index < -0.39 is 0 Å². The molecule has 1 aliphatic rings.